The number of hydrogen-bond donors (Lipinski definition) is 0. The van der Waals surface area contributed by atoms with E-state index in [1.807, 2.05) is 27.9 Å². The Kier molecular flexibility index (Phi) is 5.92. The molecule has 0 aliphatic carbocycles. The summed E-state index contributed by atoms with van der Waals surface area (Å²) in [4.78, 5) is 19.2. The van der Waals surface area contributed by atoms with Crippen molar-refractivity contribution in [2.75, 3.05) is 27.2 Å². The zero-order valence-electron chi connectivity index (χ0n) is 19.0. The summed E-state index contributed by atoms with van der Waals surface area (Å²) in [7, 11) is 5.69. The van der Waals surface area contributed by atoms with Crippen molar-refractivity contribution in [3.05, 3.63) is 46.8 Å². The molecule has 3 heterocycles. The summed E-state index contributed by atoms with van der Waals surface area (Å²) in [6.45, 7) is 5.35. The fraction of sp³-hybridized carbons (Fsp3) is 0.391. The second-order valence-electron chi connectivity index (χ2n) is 8.42. The van der Waals surface area contributed by atoms with Gasteiger partial charge in [-0.05, 0) is 46.5 Å². The third kappa shape index (κ3) is 3.95. The number of hydrogen-bond acceptors (Lipinski definition) is 6. The molecule has 0 saturated carbocycles. The Morgan fingerprint density at radius 2 is 1.97 bits per heavy atom. The predicted octanol–water partition coefficient (Wildman–Crippen LogP) is 3.40. The normalized spacial score (nSPS) is 11.9. The molecule has 1 aromatic carbocycles. The average Bonchev–Trinajstić information content (AvgIpc) is 3.02. The summed E-state index contributed by atoms with van der Waals surface area (Å²) >= 11 is 0. The van der Waals surface area contributed by atoms with Gasteiger partial charge in [0.1, 0.15) is 11.3 Å². The smallest absolute Gasteiger partial charge is 0.330 e. The van der Waals surface area contributed by atoms with Crippen molar-refractivity contribution >= 4 is 22.1 Å². The van der Waals surface area contributed by atoms with E-state index in [0.717, 1.165) is 13.0 Å². The number of pyridine rings is 1. The fourth-order valence-electron chi connectivity index (χ4n) is 3.80. The lowest BCUT2D eigenvalue weighted by atomic mass is 10.0. The van der Waals surface area contributed by atoms with Gasteiger partial charge in [-0.2, -0.15) is 0 Å². The van der Waals surface area contributed by atoms with Gasteiger partial charge in [0.15, 0.2) is 5.65 Å². The monoisotopic (exact) mass is 438 g/mol. The van der Waals surface area contributed by atoms with E-state index in [-0.39, 0.29) is 11.7 Å². The standard InChI is InChI=1S/C23H27FN6O2/c1-14(2)30-21-17-11-16(15-7-8-20(25-13-15)32-10-6-9-28(3)4)18(24)12-19(17)26-27-22(21)29(5)23(30)31/h7-8,11-14H,6,9-10H2,1-5H3. The fourth-order valence-corrected chi connectivity index (χ4v) is 3.80. The van der Waals surface area contributed by atoms with Gasteiger partial charge < -0.3 is 9.64 Å². The van der Waals surface area contributed by atoms with Crippen molar-refractivity contribution in [2.45, 2.75) is 26.3 Å². The topological polar surface area (TPSA) is 78.1 Å². The molecule has 0 aliphatic heterocycles. The summed E-state index contributed by atoms with van der Waals surface area (Å²) < 4.78 is 23.8. The van der Waals surface area contributed by atoms with E-state index in [0.29, 0.717) is 45.7 Å². The Hall–Kier alpha value is -3.33. The van der Waals surface area contributed by atoms with Gasteiger partial charge in [-0.25, -0.2) is 14.2 Å². The Balaban J connectivity index is 1.75. The van der Waals surface area contributed by atoms with Crippen molar-refractivity contribution in [3.8, 4) is 17.0 Å². The average molecular weight is 439 g/mol. The van der Waals surface area contributed by atoms with Gasteiger partial charge in [-0.15, -0.1) is 10.2 Å². The third-order valence-electron chi connectivity index (χ3n) is 5.42. The largest absolute Gasteiger partial charge is 0.478 e. The highest BCUT2D eigenvalue weighted by molar-refractivity contribution is 6.02. The number of rotatable bonds is 7. The van der Waals surface area contributed by atoms with Crippen LogP contribution < -0.4 is 10.4 Å². The molecule has 0 bridgehead atoms. The lowest BCUT2D eigenvalue weighted by Gasteiger charge is -2.11. The van der Waals surface area contributed by atoms with E-state index in [4.69, 9.17) is 4.74 Å². The van der Waals surface area contributed by atoms with E-state index < -0.39 is 5.82 Å². The molecule has 9 heteroatoms. The first-order chi connectivity index (χ1) is 15.3. The molecule has 8 nitrogen and oxygen atoms in total. The van der Waals surface area contributed by atoms with E-state index in [1.54, 1.807) is 36.0 Å². The molecule has 0 amide bonds. The zero-order valence-corrected chi connectivity index (χ0v) is 19.0. The molecular weight excluding hydrogens is 411 g/mol. The minimum absolute atomic E-state index is 0.0855. The zero-order chi connectivity index (χ0) is 23.0. The molecule has 168 valence electrons. The maximum atomic E-state index is 15.0. The number of fused-ring (bicyclic) bond motifs is 3. The Morgan fingerprint density at radius 1 is 1.19 bits per heavy atom. The van der Waals surface area contributed by atoms with Crippen LogP contribution in [0, 0.1) is 5.82 Å². The van der Waals surface area contributed by atoms with Crippen LogP contribution in [-0.2, 0) is 7.05 Å². The summed E-state index contributed by atoms with van der Waals surface area (Å²) in [5.41, 5.74) is 2.32. The molecule has 4 rings (SSSR count). The highest BCUT2D eigenvalue weighted by Crippen LogP contribution is 2.31. The summed E-state index contributed by atoms with van der Waals surface area (Å²) in [5, 5.41) is 8.98. The first kappa shape index (κ1) is 21.9. The van der Waals surface area contributed by atoms with Crippen molar-refractivity contribution in [2.24, 2.45) is 7.05 Å². The predicted molar refractivity (Wildman–Crippen MR) is 123 cm³/mol. The number of nitrogens with zero attached hydrogens (tertiary/aromatic N) is 6. The molecule has 0 aliphatic rings. The SMILES string of the molecule is CC(C)n1c(=O)n(C)c2nnc3cc(F)c(-c4ccc(OCCCN(C)C)nc4)cc3c21. The van der Waals surface area contributed by atoms with Crippen LogP contribution in [0.5, 0.6) is 5.88 Å². The van der Waals surface area contributed by atoms with Crippen LogP contribution in [0.3, 0.4) is 0 Å². The lowest BCUT2D eigenvalue weighted by Crippen LogP contribution is -2.23. The Bertz CT molecular complexity index is 1320. The minimum Gasteiger partial charge on any atom is -0.478 e. The molecule has 32 heavy (non-hydrogen) atoms. The van der Waals surface area contributed by atoms with Crippen LogP contribution in [0.25, 0.3) is 33.2 Å². The summed E-state index contributed by atoms with van der Waals surface area (Å²) in [6.07, 6.45) is 2.49. The maximum Gasteiger partial charge on any atom is 0.330 e. The number of aryl methyl sites for hydroxylation is 1. The third-order valence-corrected chi connectivity index (χ3v) is 5.42. The maximum absolute atomic E-state index is 15.0. The van der Waals surface area contributed by atoms with Gasteiger partial charge in [0.05, 0.1) is 12.1 Å². The van der Waals surface area contributed by atoms with Gasteiger partial charge in [-0.3, -0.25) is 9.13 Å². The van der Waals surface area contributed by atoms with Crippen molar-refractivity contribution < 1.29 is 9.13 Å². The van der Waals surface area contributed by atoms with Crippen LogP contribution in [0.1, 0.15) is 26.3 Å². The van der Waals surface area contributed by atoms with Crippen LogP contribution in [0.15, 0.2) is 35.3 Å². The first-order valence-electron chi connectivity index (χ1n) is 10.6. The minimum atomic E-state index is -0.429. The van der Waals surface area contributed by atoms with Gasteiger partial charge in [0.2, 0.25) is 5.88 Å². The number of ether oxygens (including phenoxy) is 1. The molecule has 0 fully saturated rings. The highest BCUT2D eigenvalue weighted by atomic mass is 19.1. The van der Waals surface area contributed by atoms with Crippen LogP contribution in [0.2, 0.25) is 0 Å². The van der Waals surface area contributed by atoms with Gasteiger partial charge in [-0.1, -0.05) is 0 Å². The van der Waals surface area contributed by atoms with Crippen molar-refractivity contribution in [1.29, 1.82) is 0 Å². The Labute approximate surface area is 185 Å². The number of imidazole rings is 1. The van der Waals surface area contributed by atoms with E-state index in [1.165, 1.54) is 10.6 Å². The molecule has 0 saturated heterocycles. The molecular formula is C23H27FN6O2. The second-order valence-corrected chi connectivity index (χ2v) is 8.42. The molecule has 0 unspecified atom stereocenters. The van der Waals surface area contributed by atoms with E-state index >= 15 is 0 Å². The molecule has 0 atom stereocenters. The number of aromatic nitrogens is 5. The molecule has 0 radical (unpaired) electrons. The van der Waals surface area contributed by atoms with Crippen molar-refractivity contribution in [3.63, 3.8) is 0 Å². The Morgan fingerprint density at radius 3 is 2.62 bits per heavy atom. The van der Waals surface area contributed by atoms with Gasteiger partial charge >= 0.3 is 5.69 Å². The summed E-state index contributed by atoms with van der Waals surface area (Å²) in [6, 6.07) is 6.50. The molecule has 3 aromatic heterocycles. The van der Waals surface area contributed by atoms with E-state index in [2.05, 4.69) is 20.1 Å². The van der Waals surface area contributed by atoms with Crippen LogP contribution in [-0.4, -0.2) is 56.5 Å². The lowest BCUT2D eigenvalue weighted by molar-refractivity contribution is 0.273. The quantitative estimate of drug-likeness (QED) is 0.412. The van der Waals surface area contributed by atoms with E-state index in [9.17, 15) is 9.18 Å². The van der Waals surface area contributed by atoms with Gasteiger partial charge in [0, 0.05) is 54.5 Å². The molecule has 4 aromatic rings. The van der Waals surface area contributed by atoms with Crippen LogP contribution in [0.4, 0.5) is 4.39 Å². The second kappa shape index (κ2) is 8.66. The number of halogens is 1. The van der Waals surface area contributed by atoms with Crippen LogP contribution >= 0.6 is 0 Å². The van der Waals surface area contributed by atoms with Crippen molar-refractivity contribution in [1.82, 2.24) is 29.2 Å². The summed E-state index contributed by atoms with van der Waals surface area (Å²) in [5.74, 6) is 0.0700. The highest BCUT2D eigenvalue weighted by Gasteiger charge is 2.20. The number of benzene rings is 1. The molecule has 0 spiro atoms. The van der Waals surface area contributed by atoms with Gasteiger partial charge in [0.25, 0.3) is 0 Å². The first-order valence-corrected chi connectivity index (χ1v) is 10.6. The molecule has 0 N–H and O–H groups in total.